The molecule has 0 aliphatic carbocycles. The molecular weight excluding hydrogens is 326 g/mol. The van der Waals surface area contributed by atoms with Gasteiger partial charge in [0.1, 0.15) is 12.0 Å². The largest absolute Gasteiger partial charge is 0.395 e. The summed E-state index contributed by atoms with van der Waals surface area (Å²) in [5, 5.41) is 13.0. The van der Waals surface area contributed by atoms with E-state index < -0.39 is 0 Å². The Bertz CT molecular complexity index is 678. The Hall–Kier alpha value is -1.97. The third-order valence-electron chi connectivity index (χ3n) is 4.20. The zero-order chi connectivity index (χ0) is 17.1. The van der Waals surface area contributed by atoms with Crippen LogP contribution in [0.2, 0.25) is 0 Å². The summed E-state index contributed by atoms with van der Waals surface area (Å²) in [7, 11) is 0. The second kappa shape index (κ2) is 7.29. The highest BCUT2D eigenvalue weighted by atomic mass is 32.1. The van der Waals surface area contributed by atoms with Crippen LogP contribution in [0.25, 0.3) is 0 Å². The summed E-state index contributed by atoms with van der Waals surface area (Å²) in [4.78, 5) is 18.7. The fourth-order valence-corrected chi connectivity index (χ4v) is 3.50. The van der Waals surface area contributed by atoms with Gasteiger partial charge in [-0.1, -0.05) is 0 Å². The van der Waals surface area contributed by atoms with Crippen LogP contribution in [0.1, 0.15) is 10.6 Å². The summed E-state index contributed by atoms with van der Waals surface area (Å²) in [6, 6.07) is 0. The average Bonchev–Trinajstić information content (AvgIpc) is 2.89. The van der Waals surface area contributed by atoms with E-state index in [1.54, 1.807) is 11.3 Å². The number of aliphatic hydroxyl groups excluding tert-OH is 1. The van der Waals surface area contributed by atoms with E-state index in [0.717, 1.165) is 42.8 Å². The van der Waals surface area contributed by atoms with Crippen LogP contribution in [0.15, 0.2) is 6.33 Å². The van der Waals surface area contributed by atoms with Gasteiger partial charge < -0.3 is 21.1 Å². The highest BCUT2D eigenvalue weighted by Gasteiger charge is 2.21. The first kappa shape index (κ1) is 16.9. The number of thiazole rings is 1. The summed E-state index contributed by atoms with van der Waals surface area (Å²) in [6.07, 6.45) is 1.53. The van der Waals surface area contributed by atoms with Crippen molar-refractivity contribution >= 4 is 33.8 Å². The predicted octanol–water partition coefficient (Wildman–Crippen LogP) is 0.990. The molecule has 4 N–H and O–H groups in total. The molecule has 0 saturated carbocycles. The predicted molar refractivity (Wildman–Crippen MR) is 97.1 cm³/mol. The summed E-state index contributed by atoms with van der Waals surface area (Å²) in [5.74, 6) is 1.34. The van der Waals surface area contributed by atoms with Crippen LogP contribution in [-0.2, 0) is 0 Å². The molecule has 2 aromatic heterocycles. The smallest absolute Gasteiger partial charge is 0.188 e. The molecule has 130 valence electrons. The normalized spacial score (nSPS) is 15.7. The lowest BCUT2D eigenvalue weighted by molar-refractivity contribution is 0.188. The van der Waals surface area contributed by atoms with E-state index in [1.807, 2.05) is 13.8 Å². The fraction of sp³-hybridized carbons (Fsp3) is 0.533. The monoisotopic (exact) mass is 349 g/mol. The van der Waals surface area contributed by atoms with Gasteiger partial charge in [-0.05, 0) is 13.8 Å². The quantitative estimate of drug-likeness (QED) is 0.734. The molecule has 9 heteroatoms. The Balaban J connectivity index is 1.74. The molecule has 0 unspecified atom stereocenters. The topological polar surface area (TPSA) is 103 Å². The Morgan fingerprint density at radius 3 is 2.62 bits per heavy atom. The molecule has 0 radical (unpaired) electrons. The van der Waals surface area contributed by atoms with Crippen molar-refractivity contribution in [3.05, 3.63) is 16.9 Å². The summed E-state index contributed by atoms with van der Waals surface area (Å²) in [6.45, 7) is 8.36. The van der Waals surface area contributed by atoms with E-state index in [4.69, 9.17) is 10.8 Å². The van der Waals surface area contributed by atoms with E-state index in [1.165, 1.54) is 11.2 Å². The van der Waals surface area contributed by atoms with Crippen molar-refractivity contribution in [3.63, 3.8) is 0 Å². The number of piperazine rings is 1. The number of aromatic nitrogens is 3. The summed E-state index contributed by atoms with van der Waals surface area (Å²) >= 11 is 1.58. The maximum Gasteiger partial charge on any atom is 0.188 e. The second-order valence-corrected chi connectivity index (χ2v) is 7.00. The van der Waals surface area contributed by atoms with E-state index in [0.29, 0.717) is 18.1 Å². The number of β-amino-alcohol motifs (C(OH)–C–C–N with tert-alkyl or cyclic N) is 1. The average molecular weight is 349 g/mol. The van der Waals surface area contributed by atoms with Gasteiger partial charge in [0, 0.05) is 37.6 Å². The zero-order valence-corrected chi connectivity index (χ0v) is 14.8. The van der Waals surface area contributed by atoms with Crippen LogP contribution in [-0.4, -0.2) is 64.3 Å². The molecule has 0 bridgehead atoms. The molecule has 24 heavy (non-hydrogen) atoms. The third-order valence-corrected chi connectivity index (χ3v) is 5.19. The Morgan fingerprint density at radius 1 is 1.25 bits per heavy atom. The van der Waals surface area contributed by atoms with Gasteiger partial charge in [0.2, 0.25) is 0 Å². The number of nitrogens with two attached hydrogens (primary N) is 1. The summed E-state index contributed by atoms with van der Waals surface area (Å²) in [5.41, 5.74) is 7.84. The van der Waals surface area contributed by atoms with E-state index in [9.17, 15) is 0 Å². The van der Waals surface area contributed by atoms with Crippen LogP contribution in [0.4, 0.5) is 22.5 Å². The Labute approximate surface area is 145 Å². The standard InChI is InChI=1S/C15H23N7OS/c1-10-11(2)24-15(19-10)20-13-12(16)14(18-9-17-13)22-5-3-21(4-6-22)7-8-23/h9,23H,3-8,16H2,1-2H3,(H,17,18,19,20). The Morgan fingerprint density at radius 2 is 2.00 bits per heavy atom. The van der Waals surface area contributed by atoms with Gasteiger partial charge in [0.05, 0.1) is 12.3 Å². The number of nitrogens with one attached hydrogen (secondary N) is 1. The number of aryl methyl sites for hydroxylation is 2. The van der Waals surface area contributed by atoms with Crippen LogP contribution in [0.3, 0.4) is 0 Å². The lowest BCUT2D eigenvalue weighted by Gasteiger charge is -2.35. The molecule has 3 rings (SSSR count). The number of aliphatic hydroxyl groups is 1. The zero-order valence-electron chi connectivity index (χ0n) is 14.0. The minimum absolute atomic E-state index is 0.191. The van der Waals surface area contributed by atoms with Gasteiger partial charge in [0.15, 0.2) is 16.8 Å². The van der Waals surface area contributed by atoms with E-state index in [-0.39, 0.29) is 6.61 Å². The van der Waals surface area contributed by atoms with Gasteiger partial charge in [-0.25, -0.2) is 15.0 Å². The first-order chi connectivity index (χ1) is 11.6. The van der Waals surface area contributed by atoms with Crippen molar-refractivity contribution in [2.24, 2.45) is 0 Å². The molecule has 0 aromatic carbocycles. The van der Waals surface area contributed by atoms with Crippen molar-refractivity contribution in [2.45, 2.75) is 13.8 Å². The van der Waals surface area contributed by atoms with Crippen molar-refractivity contribution in [3.8, 4) is 0 Å². The molecule has 2 aromatic rings. The third kappa shape index (κ3) is 3.58. The van der Waals surface area contributed by atoms with Gasteiger partial charge >= 0.3 is 0 Å². The molecular formula is C15H23N7OS. The lowest BCUT2D eigenvalue weighted by Crippen LogP contribution is -2.47. The minimum Gasteiger partial charge on any atom is -0.395 e. The number of nitrogens with zero attached hydrogens (tertiary/aromatic N) is 5. The molecule has 0 atom stereocenters. The SMILES string of the molecule is Cc1nc(Nc2ncnc(N3CCN(CCO)CC3)c2N)sc1C. The molecule has 3 heterocycles. The van der Waals surface area contributed by atoms with E-state index in [2.05, 4.69) is 30.1 Å². The molecule has 0 spiro atoms. The Kier molecular flexibility index (Phi) is 5.12. The number of nitrogen functional groups attached to an aromatic ring is 1. The molecule has 1 aliphatic rings. The molecule has 8 nitrogen and oxygen atoms in total. The van der Waals surface area contributed by atoms with Crippen LogP contribution >= 0.6 is 11.3 Å². The molecule has 1 saturated heterocycles. The van der Waals surface area contributed by atoms with Gasteiger partial charge in [0.25, 0.3) is 0 Å². The van der Waals surface area contributed by atoms with Crippen LogP contribution < -0.4 is 16.0 Å². The number of hydrogen-bond acceptors (Lipinski definition) is 9. The van der Waals surface area contributed by atoms with Crippen molar-refractivity contribution in [1.82, 2.24) is 19.9 Å². The molecule has 0 amide bonds. The highest BCUT2D eigenvalue weighted by molar-refractivity contribution is 7.15. The van der Waals surface area contributed by atoms with Gasteiger partial charge in [-0.15, -0.1) is 11.3 Å². The lowest BCUT2D eigenvalue weighted by atomic mass is 10.3. The molecule has 1 aliphatic heterocycles. The van der Waals surface area contributed by atoms with Gasteiger partial charge in [-0.3, -0.25) is 4.90 Å². The first-order valence-electron chi connectivity index (χ1n) is 7.98. The van der Waals surface area contributed by atoms with Crippen LogP contribution in [0.5, 0.6) is 0 Å². The number of anilines is 4. The first-order valence-corrected chi connectivity index (χ1v) is 8.80. The summed E-state index contributed by atoms with van der Waals surface area (Å²) < 4.78 is 0. The highest BCUT2D eigenvalue weighted by Crippen LogP contribution is 2.31. The van der Waals surface area contributed by atoms with Crippen molar-refractivity contribution in [2.75, 3.05) is 55.3 Å². The van der Waals surface area contributed by atoms with Gasteiger partial charge in [-0.2, -0.15) is 0 Å². The minimum atomic E-state index is 0.191. The van der Waals surface area contributed by atoms with Crippen molar-refractivity contribution < 1.29 is 5.11 Å². The van der Waals surface area contributed by atoms with Crippen molar-refractivity contribution in [1.29, 1.82) is 0 Å². The maximum atomic E-state index is 9.03. The van der Waals surface area contributed by atoms with Crippen LogP contribution in [0, 0.1) is 13.8 Å². The maximum absolute atomic E-state index is 9.03. The number of rotatable bonds is 5. The molecule has 1 fully saturated rings. The second-order valence-electron chi connectivity index (χ2n) is 5.80. The van der Waals surface area contributed by atoms with E-state index >= 15 is 0 Å². The number of hydrogen-bond donors (Lipinski definition) is 3. The fourth-order valence-electron chi connectivity index (χ4n) is 2.69.